The number of anilines is 1. The van der Waals surface area contributed by atoms with Crippen molar-refractivity contribution in [2.45, 2.75) is 25.3 Å². The van der Waals surface area contributed by atoms with Crippen LogP contribution in [0.1, 0.15) is 31.1 Å². The highest BCUT2D eigenvalue weighted by atomic mass is 19.2. The minimum absolute atomic E-state index is 0.317. The minimum Gasteiger partial charge on any atom is -0.371 e. The van der Waals surface area contributed by atoms with Gasteiger partial charge in [-0.1, -0.05) is 0 Å². The van der Waals surface area contributed by atoms with Gasteiger partial charge in [-0.15, -0.1) is 0 Å². The Morgan fingerprint density at radius 1 is 1.24 bits per heavy atom. The average molecular weight is 346 g/mol. The van der Waals surface area contributed by atoms with Gasteiger partial charge in [0.15, 0.2) is 11.6 Å². The van der Waals surface area contributed by atoms with Crippen molar-refractivity contribution in [2.24, 2.45) is 18.9 Å². The Bertz CT molecular complexity index is 741. The lowest BCUT2D eigenvalue weighted by Crippen LogP contribution is -2.32. The molecule has 1 aliphatic heterocycles. The van der Waals surface area contributed by atoms with E-state index in [4.69, 9.17) is 0 Å². The van der Waals surface area contributed by atoms with Crippen molar-refractivity contribution in [3.63, 3.8) is 0 Å². The second kappa shape index (κ2) is 6.75. The molecular weight excluding hydrogens is 322 g/mol. The molecule has 0 amide bonds. The normalized spacial score (nSPS) is 21.7. The third-order valence-corrected chi connectivity index (χ3v) is 5.41. The number of halogens is 2. The first-order chi connectivity index (χ1) is 12.1. The van der Waals surface area contributed by atoms with Gasteiger partial charge >= 0.3 is 0 Å². The van der Waals surface area contributed by atoms with Crippen molar-refractivity contribution < 1.29 is 8.78 Å². The molecule has 6 heteroatoms. The lowest BCUT2D eigenvalue weighted by atomic mass is 10.1. The van der Waals surface area contributed by atoms with Crippen LogP contribution in [0.25, 0.3) is 0 Å². The largest absolute Gasteiger partial charge is 0.371 e. The number of imidazole rings is 1. The van der Waals surface area contributed by atoms with Crippen molar-refractivity contribution in [1.29, 1.82) is 0 Å². The first-order valence-electron chi connectivity index (χ1n) is 9.02. The van der Waals surface area contributed by atoms with Gasteiger partial charge in [0.05, 0.1) is 6.04 Å². The van der Waals surface area contributed by atoms with Crippen LogP contribution in [0.3, 0.4) is 0 Å². The first-order valence-corrected chi connectivity index (χ1v) is 9.02. The third-order valence-electron chi connectivity index (χ3n) is 5.41. The van der Waals surface area contributed by atoms with E-state index in [0.29, 0.717) is 17.9 Å². The molecule has 25 heavy (non-hydrogen) atoms. The minimum atomic E-state index is -0.788. The summed E-state index contributed by atoms with van der Waals surface area (Å²) in [4.78, 5) is 6.66. The number of nitrogens with one attached hydrogen (secondary N) is 1. The summed E-state index contributed by atoms with van der Waals surface area (Å²) in [6.45, 7) is 2.68. The Morgan fingerprint density at radius 3 is 2.76 bits per heavy atom. The van der Waals surface area contributed by atoms with Gasteiger partial charge in [-0.2, -0.15) is 0 Å². The maximum atomic E-state index is 13.5. The van der Waals surface area contributed by atoms with Crippen molar-refractivity contribution in [3.05, 3.63) is 48.1 Å². The molecule has 134 valence electrons. The summed E-state index contributed by atoms with van der Waals surface area (Å²) in [6, 6.07) is 4.49. The summed E-state index contributed by atoms with van der Waals surface area (Å²) in [5.74, 6) is 0.739. The number of nitrogens with zero attached hydrogens (tertiary/aromatic N) is 3. The SMILES string of the molecule is Cn1ccnc1C(NCC1CCN(c2ccc(F)c(F)c2)C1)C1CC1. The highest BCUT2D eigenvalue weighted by molar-refractivity contribution is 5.47. The van der Waals surface area contributed by atoms with Crippen molar-refractivity contribution >= 4 is 5.69 Å². The van der Waals surface area contributed by atoms with E-state index in [1.54, 1.807) is 6.07 Å². The Kier molecular flexibility index (Phi) is 4.46. The van der Waals surface area contributed by atoms with Gasteiger partial charge in [0.2, 0.25) is 0 Å². The molecule has 2 atom stereocenters. The van der Waals surface area contributed by atoms with E-state index in [-0.39, 0.29) is 0 Å². The molecule has 1 saturated heterocycles. The summed E-state index contributed by atoms with van der Waals surface area (Å²) in [5.41, 5.74) is 0.768. The molecular formula is C19H24F2N4. The fourth-order valence-electron chi connectivity index (χ4n) is 3.78. The highest BCUT2D eigenvalue weighted by Crippen LogP contribution is 2.40. The topological polar surface area (TPSA) is 33.1 Å². The molecule has 0 spiro atoms. The fraction of sp³-hybridized carbons (Fsp3) is 0.526. The average Bonchev–Trinajstić information content (AvgIpc) is 3.17. The van der Waals surface area contributed by atoms with Crippen molar-refractivity contribution in [1.82, 2.24) is 14.9 Å². The molecule has 1 aromatic heterocycles. The number of aryl methyl sites for hydroxylation is 1. The number of hydrogen-bond acceptors (Lipinski definition) is 3. The Morgan fingerprint density at radius 2 is 2.08 bits per heavy atom. The quantitative estimate of drug-likeness (QED) is 0.871. The molecule has 0 radical (unpaired) electrons. The van der Waals surface area contributed by atoms with Crippen molar-refractivity contribution in [2.75, 3.05) is 24.5 Å². The van der Waals surface area contributed by atoms with E-state index >= 15 is 0 Å². The maximum Gasteiger partial charge on any atom is 0.160 e. The molecule has 4 rings (SSSR count). The molecule has 1 aliphatic carbocycles. The second-order valence-electron chi connectivity index (χ2n) is 7.32. The molecule has 2 heterocycles. The molecule has 2 aromatic rings. The van der Waals surface area contributed by atoms with Gasteiger partial charge in [-0.3, -0.25) is 0 Å². The Balaban J connectivity index is 1.36. The van der Waals surface area contributed by atoms with Gasteiger partial charge in [0.25, 0.3) is 0 Å². The van der Waals surface area contributed by atoms with E-state index in [1.165, 1.54) is 25.0 Å². The Labute approximate surface area is 146 Å². The zero-order valence-corrected chi connectivity index (χ0v) is 14.5. The van der Waals surface area contributed by atoms with Crippen LogP contribution in [0, 0.1) is 23.5 Å². The van der Waals surface area contributed by atoms with Crippen LogP contribution in [0.15, 0.2) is 30.6 Å². The summed E-state index contributed by atoms with van der Waals surface area (Å²) in [6.07, 6.45) is 7.43. The summed E-state index contributed by atoms with van der Waals surface area (Å²) >= 11 is 0. The van der Waals surface area contributed by atoms with Crippen LogP contribution in [-0.4, -0.2) is 29.2 Å². The molecule has 2 unspecified atom stereocenters. The van der Waals surface area contributed by atoms with Gasteiger partial charge in [0, 0.05) is 50.8 Å². The summed E-state index contributed by atoms with van der Waals surface area (Å²) < 4.78 is 28.7. The molecule has 1 aromatic carbocycles. The lowest BCUT2D eigenvalue weighted by Gasteiger charge is -2.22. The van der Waals surface area contributed by atoms with E-state index in [0.717, 1.165) is 37.6 Å². The molecule has 4 nitrogen and oxygen atoms in total. The van der Waals surface area contributed by atoms with Crippen LogP contribution in [0.2, 0.25) is 0 Å². The monoisotopic (exact) mass is 346 g/mol. The van der Waals surface area contributed by atoms with Crippen molar-refractivity contribution in [3.8, 4) is 0 Å². The second-order valence-corrected chi connectivity index (χ2v) is 7.32. The molecule has 0 bridgehead atoms. The van der Waals surface area contributed by atoms with Crippen LogP contribution in [0.4, 0.5) is 14.5 Å². The van der Waals surface area contributed by atoms with Crippen LogP contribution >= 0.6 is 0 Å². The van der Waals surface area contributed by atoms with Crippen LogP contribution in [0.5, 0.6) is 0 Å². The van der Waals surface area contributed by atoms with Gasteiger partial charge in [0.1, 0.15) is 5.82 Å². The lowest BCUT2D eigenvalue weighted by molar-refractivity contribution is 0.404. The zero-order chi connectivity index (χ0) is 17.4. The predicted molar refractivity (Wildman–Crippen MR) is 93.4 cm³/mol. The molecule has 1 N–H and O–H groups in total. The number of aromatic nitrogens is 2. The van der Waals surface area contributed by atoms with Crippen LogP contribution in [-0.2, 0) is 7.05 Å². The van der Waals surface area contributed by atoms with E-state index in [2.05, 4.69) is 19.8 Å². The van der Waals surface area contributed by atoms with E-state index in [9.17, 15) is 8.78 Å². The van der Waals surface area contributed by atoms with E-state index < -0.39 is 11.6 Å². The molecule has 1 saturated carbocycles. The van der Waals surface area contributed by atoms with Gasteiger partial charge in [-0.25, -0.2) is 13.8 Å². The Hall–Kier alpha value is -1.95. The van der Waals surface area contributed by atoms with E-state index in [1.807, 2.05) is 19.4 Å². The summed E-state index contributed by atoms with van der Waals surface area (Å²) in [5, 5.41) is 3.72. The molecule has 2 fully saturated rings. The predicted octanol–water partition coefficient (Wildman–Crippen LogP) is 3.27. The third kappa shape index (κ3) is 3.54. The number of rotatable bonds is 6. The number of hydrogen-bond donors (Lipinski definition) is 1. The standard InChI is InChI=1S/C19H24F2N4/c1-24-9-7-22-19(24)18(14-2-3-14)23-11-13-6-8-25(12-13)15-4-5-16(20)17(21)10-15/h4-5,7,9-10,13-14,18,23H,2-3,6,8,11-12H2,1H3. The summed E-state index contributed by atoms with van der Waals surface area (Å²) in [7, 11) is 2.04. The maximum absolute atomic E-state index is 13.5. The van der Waals surface area contributed by atoms with Gasteiger partial charge < -0.3 is 14.8 Å². The highest BCUT2D eigenvalue weighted by Gasteiger charge is 2.35. The number of benzene rings is 1. The molecule has 2 aliphatic rings. The smallest absolute Gasteiger partial charge is 0.160 e. The first kappa shape index (κ1) is 16.5. The zero-order valence-electron chi connectivity index (χ0n) is 14.5. The van der Waals surface area contributed by atoms with Crippen LogP contribution < -0.4 is 10.2 Å². The fourth-order valence-corrected chi connectivity index (χ4v) is 3.78. The van der Waals surface area contributed by atoms with Gasteiger partial charge in [-0.05, 0) is 43.2 Å².